The molecule has 0 bridgehead atoms. The van der Waals surface area contributed by atoms with Gasteiger partial charge in [0, 0.05) is 12.6 Å². The number of benzene rings is 1. The zero-order valence-electron chi connectivity index (χ0n) is 12.9. The monoisotopic (exact) mass is 292 g/mol. The lowest BCUT2D eigenvalue weighted by Crippen LogP contribution is -2.40. The van der Waals surface area contributed by atoms with E-state index in [0.717, 1.165) is 19.3 Å². The molecular weight excluding hydrogens is 268 g/mol. The van der Waals surface area contributed by atoms with Gasteiger partial charge < -0.3 is 15.3 Å². The van der Waals surface area contributed by atoms with Gasteiger partial charge in [0.15, 0.2) is 0 Å². The number of anilines is 1. The van der Waals surface area contributed by atoms with Gasteiger partial charge in [-0.2, -0.15) is 0 Å². The van der Waals surface area contributed by atoms with E-state index in [4.69, 9.17) is 5.11 Å². The number of hydrogen-bond donors (Lipinski definition) is 2. The summed E-state index contributed by atoms with van der Waals surface area (Å²) < 4.78 is 0. The molecule has 0 radical (unpaired) electrons. The van der Waals surface area contributed by atoms with E-state index in [-0.39, 0.29) is 17.6 Å². The van der Waals surface area contributed by atoms with Gasteiger partial charge in [-0.3, -0.25) is 0 Å². The molecule has 2 amide bonds. The maximum absolute atomic E-state index is 12.3. The molecule has 0 aliphatic carbocycles. The summed E-state index contributed by atoms with van der Waals surface area (Å²) in [7, 11) is 0. The molecule has 0 saturated carbocycles. The predicted molar refractivity (Wildman–Crippen MR) is 83.8 cm³/mol. The van der Waals surface area contributed by atoms with E-state index in [1.807, 2.05) is 13.8 Å². The van der Waals surface area contributed by atoms with Crippen LogP contribution < -0.4 is 5.32 Å². The predicted octanol–water partition coefficient (Wildman–Crippen LogP) is 3.82. The number of carboxylic acids is 1. The van der Waals surface area contributed by atoms with E-state index in [0.29, 0.717) is 12.2 Å². The zero-order chi connectivity index (χ0) is 15.8. The lowest BCUT2D eigenvalue weighted by molar-refractivity contribution is 0.0698. The first-order valence-electron chi connectivity index (χ1n) is 7.37. The number of carbonyl (C=O) groups is 2. The molecule has 0 aromatic heterocycles. The van der Waals surface area contributed by atoms with Gasteiger partial charge in [0.1, 0.15) is 0 Å². The summed E-state index contributed by atoms with van der Waals surface area (Å²) in [6.07, 6.45) is 3.11. The Kier molecular flexibility index (Phi) is 6.72. The van der Waals surface area contributed by atoms with Crippen molar-refractivity contribution in [3.63, 3.8) is 0 Å². The Morgan fingerprint density at radius 1 is 1.24 bits per heavy atom. The number of nitrogens with one attached hydrogen (secondary N) is 1. The van der Waals surface area contributed by atoms with Gasteiger partial charge in [0.25, 0.3) is 0 Å². The van der Waals surface area contributed by atoms with E-state index >= 15 is 0 Å². The minimum absolute atomic E-state index is 0.0684. The quantitative estimate of drug-likeness (QED) is 0.751. The minimum Gasteiger partial charge on any atom is -0.478 e. The topological polar surface area (TPSA) is 69.6 Å². The minimum atomic E-state index is -1.05. The Hall–Kier alpha value is -2.04. The molecule has 0 spiro atoms. The number of nitrogens with zero attached hydrogens (tertiary/aromatic N) is 1. The average Bonchev–Trinajstić information content (AvgIpc) is 2.43. The number of aromatic carboxylic acids is 1. The number of carboxylic acid groups (broad SMARTS) is 1. The first-order chi connectivity index (χ1) is 9.97. The number of carbonyl (C=O) groups excluding carboxylic acids is 1. The number of hydrogen-bond acceptors (Lipinski definition) is 2. The molecule has 0 heterocycles. The largest absolute Gasteiger partial charge is 0.478 e. The summed E-state index contributed by atoms with van der Waals surface area (Å²) in [5.41, 5.74) is 0.430. The third kappa shape index (κ3) is 5.10. The van der Waals surface area contributed by atoms with E-state index in [9.17, 15) is 9.59 Å². The number of amides is 2. The second-order valence-electron chi connectivity index (χ2n) is 5.28. The van der Waals surface area contributed by atoms with Crippen LogP contribution in [0.2, 0.25) is 0 Å². The van der Waals surface area contributed by atoms with Crippen molar-refractivity contribution < 1.29 is 14.7 Å². The van der Waals surface area contributed by atoms with Crippen molar-refractivity contribution in [3.8, 4) is 0 Å². The summed E-state index contributed by atoms with van der Waals surface area (Å²) in [5, 5.41) is 11.8. The molecule has 21 heavy (non-hydrogen) atoms. The van der Waals surface area contributed by atoms with E-state index in [1.165, 1.54) is 6.07 Å². The summed E-state index contributed by atoms with van der Waals surface area (Å²) in [5.74, 6) is -1.05. The number of urea groups is 1. The van der Waals surface area contributed by atoms with Crippen LogP contribution in [0.1, 0.15) is 50.4 Å². The van der Waals surface area contributed by atoms with E-state index in [1.54, 1.807) is 23.1 Å². The summed E-state index contributed by atoms with van der Waals surface area (Å²) in [6.45, 7) is 6.69. The van der Waals surface area contributed by atoms with Crippen LogP contribution >= 0.6 is 0 Å². The summed E-state index contributed by atoms with van der Waals surface area (Å²) >= 11 is 0. The molecular formula is C16H24N2O3. The molecule has 0 aliphatic rings. The lowest BCUT2D eigenvalue weighted by Gasteiger charge is -2.27. The van der Waals surface area contributed by atoms with Crippen molar-refractivity contribution in [2.24, 2.45) is 0 Å². The van der Waals surface area contributed by atoms with Gasteiger partial charge in [-0.25, -0.2) is 9.59 Å². The molecule has 2 N–H and O–H groups in total. The Bertz CT molecular complexity index is 486. The Morgan fingerprint density at radius 3 is 2.48 bits per heavy atom. The third-order valence-corrected chi connectivity index (χ3v) is 3.29. The molecule has 0 aliphatic heterocycles. The van der Waals surface area contributed by atoms with Crippen molar-refractivity contribution >= 4 is 17.7 Å². The SMILES string of the molecule is CCCCCN(C(=O)Nc1ccccc1C(=O)O)C(C)C. The standard InChI is InChI=1S/C16H24N2O3/c1-4-5-8-11-18(12(2)3)16(21)17-14-10-7-6-9-13(14)15(19)20/h6-7,9-10,12H,4-5,8,11H2,1-3H3,(H,17,21)(H,19,20). The summed E-state index contributed by atoms with van der Waals surface area (Å²) in [6, 6.07) is 6.24. The Balaban J connectivity index is 2.79. The number of unbranched alkanes of at least 4 members (excludes halogenated alkanes) is 2. The van der Waals surface area contributed by atoms with Gasteiger partial charge in [0.05, 0.1) is 11.3 Å². The second-order valence-corrected chi connectivity index (χ2v) is 5.28. The second kappa shape index (κ2) is 8.29. The van der Waals surface area contributed by atoms with Crippen molar-refractivity contribution in [3.05, 3.63) is 29.8 Å². The van der Waals surface area contributed by atoms with Crippen molar-refractivity contribution in [1.82, 2.24) is 4.90 Å². The van der Waals surface area contributed by atoms with Gasteiger partial charge in [-0.15, -0.1) is 0 Å². The first kappa shape index (κ1) is 17.0. The third-order valence-electron chi connectivity index (χ3n) is 3.29. The molecule has 0 fully saturated rings. The van der Waals surface area contributed by atoms with Crippen LogP contribution in [0.25, 0.3) is 0 Å². The molecule has 0 unspecified atom stereocenters. The molecule has 5 nitrogen and oxygen atoms in total. The van der Waals surface area contributed by atoms with Crippen molar-refractivity contribution in [1.29, 1.82) is 0 Å². The van der Waals surface area contributed by atoms with Crippen LogP contribution in [0.3, 0.4) is 0 Å². The Labute approximate surface area is 126 Å². The van der Waals surface area contributed by atoms with Crippen LogP contribution in [0.5, 0.6) is 0 Å². The highest BCUT2D eigenvalue weighted by Crippen LogP contribution is 2.16. The highest BCUT2D eigenvalue weighted by molar-refractivity contribution is 6.00. The van der Waals surface area contributed by atoms with E-state index in [2.05, 4.69) is 12.2 Å². The van der Waals surface area contributed by atoms with Crippen LogP contribution in [-0.4, -0.2) is 34.6 Å². The number of para-hydroxylation sites is 1. The smallest absolute Gasteiger partial charge is 0.337 e. The highest BCUT2D eigenvalue weighted by atomic mass is 16.4. The van der Waals surface area contributed by atoms with Gasteiger partial charge >= 0.3 is 12.0 Å². The van der Waals surface area contributed by atoms with Gasteiger partial charge in [-0.05, 0) is 32.4 Å². The van der Waals surface area contributed by atoms with Crippen molar-refractivity contribution in [2.75, 3.05) is 11.9 Å². The summed E-state index contributed by atoms with van der Waals surface area (Å²) in [4.78, 5) is 25.2. The fourth-order valence-electron chi connectivity index (χ4n) is 2.09. The van der Waals surface area contributed by atoms with Crippen LogP contribution in [0, 0.1) is 0 Å². The molecule has 5 heteroatoms. The molecule has 1 rings (SSSR count). The van der Waals surface area contributed by atoms with Crippen LogP contribution in [-0.2, 0) is 0 Å². The highest BCUT2D eigenvalue weighted by Gasteiger charge is 2.18. The normalized spacial score (nSPS) is 10.5. The fraction of sp³-hybridized carbons (Fsp3) is 0.500. The molecule has 0 saturated heterocycles. The maximum atomic E-state index is 12.3. The molecule has 1 aromatic rings. The average molecular weight is 292 g/mol. The van der Waals surface area contributed by atoms with Crippen LogP contribution in [0.15, 0.2) is 24.3 Å². The molecule has 1 aromatic carbocycles. The van der Waals surface area contributed by atoms with E-state index < -0.39 is 5.97 Å². The Morgan fingerprint density at radius 2 is 1.90 bits per heavy atom. The number of rotatable bonds is 7. The molecule has 0 atom stereocenters. The van der Waals surface area contributed by atoms with Gasteiger partial charge in [0.2, 0.25) is 0 Å². The van der Waals surface area contributed by atoms with Crippen LogP contribution in [0.4, 0.5) is 10.5 Å². The maximum Gasteiger partial charge on any atom is 0.337 e. The van der Waals surface area contributed by atoms with Gasteiger partial charge in [-0.1, -0.05) is 31.9 Å². The molecule has 116 valence electrons. The lowest BCUT2D eigenvalue weighted by atomic mass is 10.2. The first-order valence-corrected chi connectivity index (χ1v) is 7.37. The van der Waals surface area contributed by atoms with Crippen molar-refractivity contribution in [2.45, 2.75) is 46.1 Å². The zero-order valence-corrected chi connectivity index (χ0v) is 12.9. The fourth-order valence-corrected chi connectivity index (χ4v) is 2.09.